The summed E-state index contributed by atoms with van der Waals surface area (Å²) in [5, 5.41) is 6.99. The SMILES string of the molecule is O=C(Cc1ccccc1Cl)NCC1CCCNC1. The number of benzene rings is 1. The fourth-order valence-electron chi connectivity index (χ4n) is 2.23. The predicted molar refractivity (Wildman–Crippen MR) is 73.8 cm³/mol. The fraction of sp³-hybridized carbons (Fsp3) is 0.500. The van der Waals surface area contributed by atoms with Gasteiger partial charge in [0.05, 0.1) is 6.42 Å². The van der Waals surface area contributed by atoms with Gasteiger partial charge in [0.1, 0.15) is 0 Å². The predicted octanol–water partition coefficient (Wildman–Crippen LogP) is 2.00. The molecule has 18 heavy (non-hydrogen) atoms. The first kappa shape index (κ1) is 13.4. The van der Waals surface area contributed by atoms with Gasteiger partial charge in [-0.05, 0) is 43.5 Å². The lowest BCUT2D eigenvalue weighted by atomic mass is 10.00. The van der Waals surface area contributed by atoms with Crippen LogP contribution in [0.5, 0.6) is 0 Å². The van der Waals surface area contributed by atoms with Crippen LogP contribution in [-0.4, -0.2) is 25.5 Å². The number of hydrogen-bond donors (Lipinski definition) is 2. The number of piperidine rings is 1. The van der Waals surface area contributed by atoms with Crippen molar-refractivity contribution >= 4 is 17.5 Å². The van der Waals surface area contributed by atoms with Crippen LogP contribution < -0.4 is 10.6 Å². The van der Waals surface area contributed by atoms with Crippen molar-refractivity contribution in [2.24, 2.45) is 5.92 Å². The molecule has 0 saturated carbocycles. The average molecular weight is 267 g/mol. The van der Waals surface area contributed by atoms with Gasteiger partial charge < -0.3 is 10.6 Å². The van der Waals surface area contributed by atoms with E-state index in [4.69, 9.17) is 11.6 Å². The molecule has 1 atom stereocenters. The van der Waals surface area contributed by atoms with Gasteiger partial charge in [0, 0.05) is 11.6 Å². The second-order valence-electron chi connectivity index (χ2n) is 4.78. The third kappa shape index (κ3) is 4.00. The Labute approximate surface area is 113 Å². The quantitative estimate of drug-likeness (QED) is 0.875. The Balaban J connectivity index is 1.76. The molecule has 3 nitrogen and oxygen atoms in total. The molecule has 2 rings (SSSR count). The highest BCUT2D eigenvalue weighted by Gasteiger charge is 2.14. The highest BCUT2D eigenvalue weighted by molar-refractivity contribution is 6.31. The molecule has 0 spiro atoms. The van der Waals surface area contributed by atoms with Crippen LogP contribution in [0.4, 0.5) is 0 Å². The molecule has 1 aromatic rings. The molecular formula is C14H19ClN2O. The van der Waals surface area contributed by atoms with E-state index in [1.807, 2.05) is 24.3 Å². The zero-order chi connectivity index (χ0) is 12.8. The Kier molecular flexibility index (Phi) is 5.02. The van der Waals surface area contributed by atoms with Gasteiger partial charge in [-0.1, -0.05) is 29.8 Å². The fourth-order valence-corrected chi connectivity index (χ4v) is 2.44. The third-order valence-electron chi connectivity index (χ3n) is 3.30. The summed E-state index contributed by atoms with van der Waals surface area (Å²) < 4.78 is 0. The number of rotatable bonds is 4. The second kappa shape index (κ2) is 6.76. The van der Waals surface area contributed by atoms with Crippen LogP contribution in [-0.2, 0) is 11.2 Å². The normalized spacial score (nSPS) is 19.5. The van der Waals surface area contributed by atoms with E-state index < -0.39 is 0 Å². The van der Waals surface area contributed by atoms with E-state index in [1.165, 1.54) is 12.8 Å². The summed E-state index contributed by atoms with van der Waals surface area (Å²) in [5.74, 6) is 0.614. The molecule has 1 saturated heterocycles. The minimum absolute atomic E-state index is 0.0497. The van der Waals surface area contributed by atoms with E-state index in [9.17, 15) is 4.79 Å². The topological polar surface area (TPSA) is 41.1 Å². The average Bonchev–Trinajstić information content (AvgIpc) is 2.40. The Morgan fingerprint density at radius 2 is 2.28 bits per heavy atom. The van der Waals surface area contributed by atoms with Gasteiger partial charge in [-0.3, -0.25) is 4.79 Å². The lowest BCUT2D eigenvalue weighted by molar-refractivity contribution is -0.120. The molecule has 0 bridgehead atoms. The van der Waals surface area contributed by atoms with Crippen LogP contribution in [0.2, 0.25) is 5.02 Å². The van der Waals surface area contributed by atoms with Gasteiger partial charge in [-0.15, -0.1) is 0 Å². The van der Waals surface area contributed by atoms with Crippen LogP contribution in [0.15, 0.2) is 24.3 Å². The minimum Gasteiger partial charge on any atom is -0.355 e. The number of carbonyl (C=O) groups is 1. The standard InChI is InChI=1S/C14H19ClN2O/c15-13-6-2-1-5-12(13)8-14(18)17-10-11-4-3-7-16-9-11/h1-2,5-6,11,16H,3-4,7-10H2,(H,17,18). The molecule has 1 unspecified atom stereocenters. The van der Waals surface area contributed by atoms with Crippen molar-refractivity contribution in [3.05, 3.63) is 34.9 Å². The van der Waals surface area contributed by atoms with Gasteiger partial charge in [-0.2, -0.15) is 0 Å². The molecule has 1 aliphatic rings. The van der Waals surface area contributed by atoms with Crippen molar-refractivity contribution < 1.29 is 4.79 Å². The van der Waals surface area contributed by atoms with Crippen molar-refractivity contribution in [3.8, 4) is 0 Å². The van der Waals surface area contributed by atoms with Gasteiger partial charge in [-0.25, -0.2) is 0 Å². The number of carbonyl (C=O) groups excluding carboxylic acids is 1. The van der Waals surface area contributed by atoms with E-state index >= 15 is 0 Å². The Morgan fingerprint density at radius 1 is 1.44 bits per heavy atom. The molecule has 2 N–H and O–H groups in total. The maximum Gasteiger partial charge on any atom is 0.224 e. The summed E-state index contributed by atoms with van der Waals surface area (Å²) in [4.78, 5) is 11.8. The molecule has 1 amide bonds. The zero-order valence-electron chi connectivity index (χ0n) is 10.4. The summed E-state index contributed by atoms with van der Waals surface area (Å²) in [6.45, 7) is 2.87. The van der Waals surface area contributed by atoms with Gasteiger partial charge in [0.2, 0.25) is 5.91 Å². The maximum atomic E-state index is 11.8. The Bertz CT molecular complexity index is 403. The lowest BCUT2D eigenvalue weighted by Gasteiger charge is -2.22. The molecule has 0 aliphatic carbocycles. The van der Waals surface area contributed by atoms with E-state index in [0.717, 1.165) is 25.2 Å². The van der Waals surface area contributed by atoms with Crippen LogP contribution >= 0.6 is 11.6 Å². The van der Waals surface area contributed by atoms with Gasteiger partial charge in [0.15, 0.2) is 0 Å². The number of amides is 1. The number of nitrogens with one attached hydrogen (secondary N) is 2. The molecule has 1 fully saturated rings. The molecule has 1 aliphatic heterocycles. The first-order valence-corrected chi connectivity index (χ1v) is 6.84. The Morgan fingerprint density at radius 3 is 3.00 bits per heavy atom. The molecule has 98 valence electrons. The van der Waals surface area contributed by atoms with Crippen molar-refractivity contribution in [2.75, 3.05) is 19.6 Å². The molecule has 0 aromatic heterocycles. The largest absolute Gasteiger partial charge is 0.355 e. The van der Waals surface area contributed by atoms with Crippen molar-refractivity contribution in [2.45, 2.75) is 19.3 Å². The van der Waals surface area contributed by atoms with E-state index in [2.05, 4.69) is 10.6 Å². The minimum atomic E-state index is 0.0497. The van der Waals surface area contributed by atoms with Crippen molar-refractivity contribution in [1.29, 1.82) is 0 Å². The summed E-state index contributed by atoms with van der Waals surface area (Å²) in [6, 6.07) is 7.48. The van der Waals surface area contributed by atoms with Gasteiger partial charge in [0.25, 0.3) is 0 Å². The van der Waals surface area contributed by atoms with Crippen LogP contribution in [0.1, 0.15) is 18.4 Å². The van der Waals surface area contributed by atoms with E-state index in [0.29, 0.717) is 17.4 Å². The van der Waals surface area contributed by atoms with E-state index in [1.54, 1.807) is 0 Å². The molecule has 0 radical (unpaired) electrons. The van der Waals surface area contributed by atoms with Crippen LogP contribution in [0, 0.1) is 5.92 Å². The molecular weight excluding hydrogens is 248 g/mol. The first-order chi connectivity index (χ1) is 8.75. The zero-order valence-corrected chi connectivity index (χ0v) is 11.2. The molecule has 4 heteroatoms. The molecule has 1 heterocycles. The summed E-state index contributed by atoms with van der Waals surface area (Å²) in [7, 11) is 0. The van der Waals surface area contributed by atoms with Gasteiger partial charge >= 0.3 is 0 Å². The van der Waals surface area contributed by atoms with Crippen LogP contribution in [0.3, 0.4) is 0 Å². The first-order valence-electron chi connectivity index (χ1n) is 6.46. The van der Waals surface area contributed by atoms with Crippen molar-refractivity contribution in [3.63, 3.8) is 0 Å². The summed E-state index contributed by atoms with van der Waals surface area (Å²) in [5.41, 5.74) is 0.887. The molecule has 1 aromatic carbocycles. The highest BCUT2D eigenvalue weighted by Crippen LogP contribution is 2.15. The highest BCUT2D eigenvalue weighted by atomic mass is 35.5. The second-order valence-corrected chi connectivity index (χ2v) is 5.19. The smallest absolute Gasteiger partial charge is 0.224 e. The maximum absolute atomic E-state index is 11.8. The van der Waals surface area contributed by atoms with E-state index in [-0.39, 0.29) is 5.91 Å². The lowest BCUT2D eigenvalue weighted by Crippen LogP contribution is -2.38. The van der Waals surface area contributed by atoms with Crippen molar-refractivity contribution in [1.82, 2.24) is 10.6 Å². The monoisotopic (exact) mass is 266 g/mol. The summed E-state index contributed by atoms with van der Waals surface area (Å²) in [6.07, 6.45) is 2.75. The number of hydrogen-bond acceptors (Lipinski definition) is 2. The third-order valence-corrected chi connectivity index (χ3v) is 3.66. The Hall–Kier alpha value is -1.06. The number of halogens is 1. The van der Waals surface area contributed by atoms with Crippen LogP contribution in [0.25, 0.3) is 0 Å². The summed E-state index contributed by atoms with van der Waals surface area (Å²) >= 11 is 6.03.